The van der Waals surface area contributed by atoms with E-state index in [1.807, 2.05) is 42.2 Å². The van der Waals surface area contributed by atoms with Gasteiger partial charge in [0.25, 0.3) is 0 Å². The van der Waals surface area contributed by atoms with Crippen LogP contribution in [0.2, 0.25) is 5.02 Å². The van der Waals surface area contributed by atoms with Gasteiger partial charge in [-0.05, 0) is 49.6 Å². The molecule has 0 radical (unpaired) electrons. The predicted molar refractivity (Wildman–Crippen MR) is 138 cm³/mol. The summed E-state index contributed by atoms with van der Waals surface area (Å²) < 4.78 is 17.4. The highest BCUT2D eigenvalue weighted by Gasteiger charge is 2.32. The number of hydrogen-bond acceptors (Lipinski definition) is 5. The lowest BCUT2D eigenvalue weighted by Crippen LogP contribution is -2.39. The summed E-state index contributed by atoms with van der Waals surface area (Å²) in [4.78, 5) is 18.0. The average Bonchev–Trinajstić information content (AvgIpc) is 3.15. The lowest BCUT2D eigenvalue weighted by atomic mass is 10.0. The Morgan fingerprint density at radius 3 is 2.83 bits per heavy atom. The Morgan fingerprint density at radius 1 is 1.23 bits per heavy atom. The molecular weight excluding hydrogens is 464 g/mol. The van der Waals surface area contributed by atoms with Crippen molar-refractivity contribution in [2.75, 3.05) is 39.5 Å². The SMILES string of the molecule is CCOc1ccccc1CN1CC[C@@H](C(=O)N(Cc2cc(Cl)c3c(c2)OCCCO3)CC(C)C)C1. The van der Waals surface area contributed by atoms with E-state index in [2.05, 4.69) is 24.8 Å². The Kier molecular flexibility index (Phi) is 8.79. The molecule has 190 valence electrons. The highest BCUT2D eigenvalue weighted by atomic mass is 35.5. The third kappa shape index (κ3) is 6.62. The first-order valence-corrected chi connectivity index (χ1v) is 13.1. The Bertz CT molecular complexity index is 1010. The van der Waals surface area contributed by atoms with Gasteiger partial charge in [0.15, 0.2) is 11.5 Å². The minimum atomic E-state index is -0.0103. The molecule has 1 fully saturated rings. The van der Waals surface area contributed by atoms with E-state index in [9.17, 15) is 4.79 Å². The number of nitrogens with zero attached hydrogens (tertiary/aromatic N) is 2. The van der Waals surface area contributed by atoms with Crippen LogP contribution in [0.15, 0.2) is 36.4 Å². The van der Waals surface area contributed by atoms with Gasteiger partial charge in [0.05, 0.1) is 30.8 Å². The van der Waals surface area contributed by atoms with Crippen LogP contribution in [-0.4, -0.2) is 55.2 Å². The summed E-state index contributed by atoms with van der Waals surface area (Å²) in [6, 6.07) is 12.0. The van der Waals surface area contributed by atoms with Gasteiger partial charge >= 0.3 is 0 Å². The molecule has 1 atom stereocenters. The quantitative estimate of drug-likeness (QED) is 0.461. The van der Waals surface area contributed by atoms with Crippen molar-refractivity contribution in [3.8, 4) is 17.2 Å². The smallest absolute Gasteiger partial charge is 0.227 e. The maximum absolute atomic E-state index is 13.7. The molecule has 6 nitrogen and oxygen atoms in total. The summed E-state index contributed by atoms with van der Waals surface area (Å²) in [5.41, 5.74) is 2.14. The van der Waals surface area contributed by atoms with Crippen molar-refractivity contribution in [3.05, 3.63) is 52.5 Å². The van der Waals surface area contributed by atoms with Gasteiger partial charge in [-0.1, -0.05) is 43.6 Å². The summed E-state index contributed by atoms with van der Waals surface area (Å²) in [6.45, 7) is 11.8. The van der Waals surface area contributed by atoms with E-state index in [0.29, 0.717) is 55.3 Å². The monoisotopic (exact) mass is 500 g/mol. The molecule has 0 saturated carbocycles. The molecule has 0 bridgehead atoms. The second-order valence-electron chi connectivity index (χ2n) is 9.83. The Balaban J connectivity index is 1.44. The molecule has 2 aromatic carbocycles. The fourth-order valence-electron chi connectivity index (χ4n) is 4.88. The van der Waals surface area contributed by atoms with Crippen LogP contribution in [0.25, 0.3) is 0 Å². The Labute approximate surface area is 214 Å². The zero-order valence-corrected chi connectivity index (χ0v) is 21.9. The van der Waals surface area contributed by atoms with Gasteiger partial charge in [0, 0.05) is 38.2 Å². The van der Waals surface area contributed by atoms with Gasteiger partial charge in [0.1, 0.15) is 5.75 Å². The summed E-state index contributed by atoms with van der Waals surface area (Å²) in [5, 5.41) is 0.538. The molecule has 0 spiro atoms. The van der Waals surface area contributed by atoms with Gasteiger partial charge in [-0.3, -0.25) is 9.69 Å². The van der Waals surface area contributed by atoms with Crippen LogP contribution >= 0.6 is 11.6 Å². The lowest BCUT2D eigenvalue weighted by Gasteiger charge is -2.28. The lowest BCUT2D eigenvalue weighted by molar-refractivity contribution is -0.136. The van der Waals surface area contributed by atoms with Crippen LogP contribution in [0.1, 0.15) is 44.7 Å². The predicted octanol–water partition coefficient (Wildman–Crippen LogP) is 5.41. The van der Waals surface area contributed by atoms with E-state index >= 15 is 0 Å². The molecule has 4 rings (SSSR count). The number of hydrogen-bond donors (Lipinski definition) is 0. The number of carbonyl (C=O) groups excluding carboxylic acids is 1. The second kappa shape index (κ2) is 12.0. The van der Waals surface area contributed by atoms with Gasteiger partial charge in [0.2, 0.25) is 5.91 Å². The van der Waals surface area contributed by atoms with Crippen molar-refractivity contribution in [1.29, 1.82) is 0 Å². The van der Waals surface area contributed by atoms with Crippen molar-refractivity contribution < 1.29 is 19.0 Å². The first-order valence-electron chi connectivity index (χ1n) is 12.7. The van der Waals surface area contributed by atoms with Crippen LogP contribution < -0.4 is 14.2 Å². The molecule has 0 N–H and O–H groups in total. The fourth-order valence-corrected chi connectivity index (χ4v) is 5.16. The summed E-state index contributed by atoms with van der Waals surface area (Å²) in [5.74, 6) is 2.77. The largest absolute Gasteiger partial charge is 0.494 e. The summed E-state index contributed by atoms with van der Waals surface area (Å²) in [6.07, 6.45) is 1.69. The van der Waals surface area contributed by atoms with Gasteiger partial charge in [-0.2, -0.15) is 0 Å². The van der Waals surface area contributed by atoms with E-state index in [-0.39, 0.29) is 11.8 Å². The first kappa shape index (κ1) is 25.6. The highest BCUT2D eigenvalue weighted by Crippen LogP contribution is 2.38. The molecule has 7 heteroatoms. The van der Waals surface area contributed by atoms with Crippen molar-refractivity contribution in [1.82, 2.24) is 9.80 Å². The van der Waals surface area contributed by atoms with Crippen molar-refractivity contribution in [3.63, 3.8) is 0 Å². The Morgan fingerprint density at radius 2 is 2.03 bits per heavy atom. The van der Waals surface area contributed by atoms with Crippen molar-refractivity contribution in [2.45, 2.75) is 46.7 Å². The van der Waals surface area contributed by atoms with E-state index in [4.69, 9.17) is 25.8 Å². The second-order valence-corrected chi connectivity index (χ2v) is 10.2. The van der Waals surface area contributed by atoms with E-state index in [0.717, 1.165) is 43.8 Å². The first-order chi connectivity index (χ1) is 16.9. The highest BCUT2D eigenvalue weighted by molar-refractivity contribution is 6.32. The molecular formula is C28H37ClN2O4. The molecule has 0 aromatic heterocycles. The van der Waals surface area contributed by atoms with Crippen LogP contribution in [0.4, 0.5) is 0 Å². The zero-order valence-electron chi connectivity index (χ0n) is 21.1. The molecule has 2 aliphatic heterocycles. The zero-order chi connectivity index (χ0) is 24.8. The number of para-hydroxylation sites is 1. The van der Waals surface area contributed by atoms with Crippen LogP contribution in [0, 0.1) is 11.8 Å². The van der Waals surface area contributed by atoms with Crippen LogP contribution in [-0.2, 0) is 17.9 Å². The molecule has 2 heterocycles. The average molecular weight is 501 g/mol. The molecule has 35 heavy (non-hydrogen) atoms. The fraction of sp³-hybridized carbons (Fsp3) is 0.536. The number of rotatable bonds is 9. The number of likely N-dealkylation sites (tertiary alicyclic amines) is 1. The van der Waals surface area contributed by atoms with Gasteiger partial charge in [-0.15, -0.1) is 0 Å². The number of amides is 1. The number of fused-ring (bicyclic) bond motifs is 1. The third-order valence-electron chi connectivity index (χ3n) is 6.42. The number of halogens is 1. The van der Waals surface area contributed by atoms with E-state index < -0.39 is 0 Å². The maximum atomic E-state index is 13.7. The number of benzene rings is 2. The van der Waals surface area contributed by atoms with Crippen LogP contribution in [0.5, 0.6) is 17.2 Å². The molecule has 2 aliphatic rings. The van der Waals surface area contributed by atoms with Gasteiger partial charge in [-0.25, -0.2) is 0 Å². The molecule has 1 amide bonds. The van der Waals surface area contributed by atoms with Crippen molar-refractivity contribution in [2.24, 2.45) is 11.8 Å². The minimum Gasteiger partial charge on any atom is -0.494 e. The normalized spacial score (nSPS) is 17.9. The number of carbonyl (C=O) groups is 1. The van der Waals surface area contributed by atoms with E-state index in [1.165, 1.54) is 5.56 Å². The van der Waals surface area contributed by atoms with E-state index in [1.54, 1.807) is 0 Å². The molecule has 2 aromatic rings. The van der Waals surface area contributed by atoms with Crippen molar-refractivity contribution >= 4 is 17.5 Å². The molecule has 0 aliphatic carbocycles. The molecule has 0 unspecified atom stereocenters. The molecule has 1 saturated heterocycles. The van der Waals surface area contributed by atoms with Crippen LogP contribution in [0.3, 0.4) is 0 Å². The number of ether oxygens (including phenoxy) is 3. The topological polar surface area (TPSA) is 51.2 Å². The third-order valence-corrected chi connectivity index (χ3v) is 6.70. The summed E-state index contributed by atoms with van der Waals surface area (Å²) in [7, 11) is 0. The maximum Gasteiger partial charge on any atom is 0.227 e. The Hall–Kier alpha value is -2.44. The summed E-state index contributed by atoms with van der Waals surface area (Å²) >= 11 is 6.52. The standard InChI is InChI=1S/C28H37ClN2O4/c1-4-33-25-9-6-5-8-22(25)18-30-11-10-23(19-30)28(32)31(16-20(2)3)17-21-14-24(29)27-26(15-21)34-12-7-13-35-27/h5-6,8-9,14-15,20,23H,4,7,10-13,16-19H2,1-3H3/t23-/m1/s1. The minimum absolute atomic E-state index is 0.0103. The van der Waals surface area contributed by atoms with Gasteiger partial charge < -0.3 is 19.1 Å².